The molecule has 1 N–H and O–H groups in total. The molecule has 0 aliphatic carbocycles. The normalized spacial score (nSPS) is 10.4. The monoisotopic (exact) mass is 299 g/mol. The van der Waals surface area contributed by atoms with Crippen molar-refractivity contribution in [1.29, 1.82) is 0 Å². The van der Waals surface area contributed by atoms with Gasteiger partial charge in [-0.05, 0) is 36.2 Å². The highest BCUT2D eigenvalue weighted by Crippen LogP contribution is 2.14. The number of benzene rings is 1. The Bertz CT molecular complexity index is 681. The molecule has 0 bridgehead atoms. The summed E-state index contributed by atoms with van der Waals surface area (Å²) >= 11 is 0. The second-order valence-electron chi connectivity index (χ2n) is 5.02. The Balaban J connectivity index is 2.13. The van der Waals surface area contributed by atoms with Crippen molar-refractivity contribution in [3.05, 3.63) is 53.3 Å². The van der Waals surface area contributed by atoms with Gasteiger partial charge in [0.2, 0.25) is 0 Å². The van der Waals surface area contributed by atoms with Gasteiger partial charge in [-0.15, -0.1) is 5.10 Å². The van der Waals surface area contributed by atoms with Crippen LogP contribution in [0.25, 0.3) is 0 Å². The van der Waals surface area contributed by atoms with Gasteiger partial charge in [0.15, 0.2) is 5.69 Å². The summed E-state index contributed by atoms with van der Waals surface area (Å²) in [4.78, 5) is 23.6. The Labute approximate surface area is 128 Å². The Morgan fingerprint density at radius 3 is 2.50 bits per heavy atom. The summed E-state index contributed by atoms with van der Waals surface area (Å²) in [5, 5.41) is 10.6. The van der Waals surface area contributed by atoms with E-state index in [-0.39, 0.29) is 17.5 Å². The molecule has 1 aromatic carbocycles. The zero-order chi connectivity index (χ0) is 16.1. The molecule has 1 aromatic heterocycles. The molecule has 0 saturated heterocycles. The number of carbonyl (C=O) groups excluding carboxylic acids is 2. The van der Waals surface area contributed by atoms with Gasteiger partial charge in [-0.25, -0.2) is 4.79 Å². The first-order chi connectivity index (χ1) is 10.5. The summed E-state index contributed by atoms with van der Waals surface area (Å²) < 4.78 is 4.64. The quantitative estimate of drug-likeness (QED) is 0.878. The lowest BCUT2D eigenvalue weighted by atomic mass is 10.1. The fraction of sp³-hybridized carbons (Fsp3) is 0.250. The van der Waals surface area contributed by atoms with Gasteiger partial charge in [0.1, 0.15) is 0 Å². The van der Waals surface area contributed by atoms with Crippen molar-refractivity contribution in [1.82, 2.24) is 10.2 Å². The Morgan fingerprint density at radius 2 is 1.91 bits per heavy atom. The molecule has 0 fully saturated rings. The SMILES string of the molecule is COC(=O)c1cccc(NC(=O)c2ccc(C(C)C)nn2)c1. The van der Waals surface area contributed by atoms with Gasteiger partial charge in [0.25, 0.3) is 5.91 Å². The van der Waals surface area contributed by atoms with Crippen molar-refractivity contribution in [3.63, 3.8) is 0 Å². The molecule has 114 valence electrons. The lowest BCUT2D eigenvalue weighted by Gasteiger charge is -2.07. The number of nitrogens with one attached hydrogen (secondary N) is 1. The predicted molar refractivity (Wildman–Crippen MR) is 81.9 cm³/mol. The van der Waals surface area contributed by atoms with Gasteiger partial charge < -0.3 is 10.1 Å². The number of esters is 1. The van der Waals surface area contributed by atoms with Crippen LogP contribution < -0.4 is 5.32 Å². The number of carbonyl (C=O) groups is 2. The van der Waals surface area contributed by atoms with Gasteiger partial charge in [0.05, 0.1) is 18.4 Å². The van der Waals surface area contributed by atoms with Crippen molar-refractivity contribution < 1.29 is 14.3 Å². The molecule has 6 heteroatoms. The van der Waals surface area contributed by atoms with Gasteiger partial charge in [-0.3, -0.25) is 4.79 Å². The first-order valence-electron chi connectivity index (χ1n) is 6.84. The van der Waals surface area contributed by atoms with Crippen LogP contribution in [0.4, 0.5) is 5.69 Å². The molecule has 0 radical (unpaired) electrons. The lowest BCUT2D eigenvalue weighted by molar-refractivity contribution is 0.0600. The fourth-order valence-corrected chi connectivity index (χ4v) is 1.81. The zero-order valence-electron chi connectivity index (χ0n) is 12.7. The van der Waals surface area contributed by atoms with E-state index < -0.39 is 5.97 Å². The maximum absolute atomic E-state index is 12.1. The smallest absolute Gasteiger partial charge is 0.337 e. The maximum Gasteiger partial charge on any atom is 0.337 e. The van der Waals surface area contributed by atoms with Gasteiger partial charge in [-0.1, -0.05) is 19.9 Å². The molecule has 2 aromatic rings. The van der Waals surface area contributed by atoms with E-state index in [4.69, 9.17) is 0 Å². The highest BCUT2D eigenvalue weighted by Gasteiger charge is 2.11. The summed E-state index contributed by atoms with van der Waals surface area (Å²) in [6.07, 6.45) is 0. The number of hydrogen-bond donors (Lipinski definition) is 1. The zero-order valence-corrected chi connectivity index (χ0v) is 12.7. The Kier molecular flexibility index (Phi) is 4.83. The molecule has 2 rings (SSSR count). The number of rotatable bonds is 4. The standard InChI is InChI=1S/C16H17N3O3/c1-10(2)13-7-8-14(19-18-13)15(20)17-12-6-4-5-11(9-12)16(21)22-3/h4-10H,1-3H3,(H,17,20). The van der Waals surface area contributed by atoms with Crippen molar-refractivity contribution in [2.45, 2.75) is 19.8 Å². The largest absolute Gasteiger partial charge is 0.465 e. The van der Waals surface area contributed by atoms with E-state index in [0.29, 0.717) is 11.3 Å². The van der Waals surface area contributed by atoms with E-state index >= 15 is 0 Å². The van der Waals surface area contributed by atoms with Crippen LogP contribution in [-0.4, -0.2) is 29.2 Å². The first kappa shape index (κ1) is 15.6. The molecule has 0 saturated carbocycles. The fourth-order valence-electron chi connectivity index (χ4n) is 1.81. The first-order valence-corrected chi connectivity index (χ1v) is 6.84. The van der Waals surface area contributed by atoms with Crippen molar-refractivity contribution in [2.75, 3.05) is 12.4 Å². The van der Waals surface area contributed by atoms with Crippen LogP contribution in [0.15, 0.2) is 36.4 Å². The Hall–Kier alpha value is -2.76. The van der Waals surface area contributed by atoms with E-state index in [2.05, 4.69) is 20.3 Å². The second kappa shape index (κ2) is 6.80. The van der Waals surface area contributed by atoms with Gasteiger partial charge in [-0.2, -0.15) is 5.10 Å². The average molecular weight is 299 g/mol. The second-order valence-corrected chi connectivity index (χ2v) is 5.02. The summed E-state index contributed by atoms with van der Waals surface area (Å²) in [5.74, 6) is -0.594. The van der Waals surface area contributed by atoms with E-state index in [1.165, 1.54) is 7.11 Å². The summed E-state index contributed by atoms with van der Waals surface area (Å²) in [6, 6.07) is 9.90. The third kappa shape index (κ3) is 3.66. The lowest BCUT2D eigenvalue weighted by Crippen LogP contribution is -2.15. The number of aromatic nitrogens is 2. The molecule has 0 unspecified atom stereocenters. The van der Waals surface area contributed by atoms with E-state index in [1.807, 2.05) is 13.8 Å². The molecule has 1 amide bonds. The van der Waals surface area contributed by atoms with Crippen LogP contribution >= 0.6 is 0 Å². The van der Waals surface area contributed by atoms with Crippen LogP contribution in [-0.2, 0) is 4.74 Å². The summed E-state index contributed by atoms with van der Waals surface area (Å²) in [5.41, 5.74) is 1.89. The Morgan fingerprint density at radius 1 is 1.14 bits per heavy atom. The van der Waals surface area contributed by atoms with Crippen LogP contribution in [0.3, 0.4) is 0 Å². The van der Waals surface area contributed by atoms with E-state index in [0.717, 1.165) is 5.69 Å². The third-order valence-corrected chi connectivity index (χ3v) is 3.05. The minimum Gasteiger partial charge on any atom is -0.465 e. The van der Waals surface area contributed by atoms with E-state index in [1.54, 1.807) is 36.4 Å². The van der Waals surface area contributed by atoms with Crippen molar-refractivity contribution >= 4 is 17.6 Å². The number of ether oxygens (including phenoxy) is 1. The molecular weight excluding hydrogens is 282 g/mol. The molecule has 22 heavy (non-hydrogen) atoms. The predicted octanol–water partition coefficient (Wildman–Crippen LogP) is 2.64. The average Bonchev–Trinajstić information content (AvgIpc) is 2.54. The van der Waals surface area contributed by atoms with Crippen LogP contribution in [0, 0.1) is 0 Å². The van der Waals surface area contributed by atoms with Crippen LogP contribution in [0.2, 0.25) is 0 Å². The third-order valence-electron chi connectivity index (χ3n) is 3.05. The number of methoxy groups -OCH3 is 1. The topological polar surface area (TPSA) is 81.2 Å². The summed E-state index contributed by atoms with van der Waals surface area (Å²) in [7, 11) is 1.31. The highest BCUT2D eigenvalue weighted by molar-refractivity contribution is 6.03. The number of amides is 1. The highest BCUT2D eigenvalue weighted by atomic mass is 16.5. The minimum atomic E-state index is -0.461. The van der Waals surface area contributed by atoms with Crippen LogP contribution in [0.1, 0.15) is 46.3 Å². The molecule has 0 aliphatic rings. The summed E-state index contributed by atoms with van der Waals surface area (Å²) in [6.45, 7) is 4.00. The number of anilines is 1. The van der Waals surface area contributed by atoms with Crippen LogP contribution in [0.5, 0.6) is 0 Å². The van der Waals surface area contributed by atoms with E-state index in [9.17, 15) is 9.59 Å². The number of hydrogen-bond acceptors (Lipinski definition) is 5. The molecule has 0 aliphatic heterocycles. The van der Waals surface area contributed by atoms with Crippen molar-refractivity contribution in [3.8, 4) is 0 Å². The van der Waals surface area contributed by atoms with Crippen molar-refractivity contribution in [2.24, 2.45) is 0 Å². The van der Waals surface area contributed by atoms with Gasteiger partial charge in [0, 0.05) is 5.69 Å². The number of nitrogens with zero attached hydrogens (tertiary/aromatic N) is 2. The molecule has 0 spiro atoms. The molecular formula is C16H17N3O3. The van der Waals surface area contributed by atoms with Gasteiger partial charge >= 0.3 is 5.97 Å². The molecule has 6 nitrogen and oxygen atoms in total. The maximum atomic E-state index is 12.1. The minimum absolute atomic E-state index is 0.216. The molecule has 1 heterocycles. The molecule has 0 atom stereocenters.